The molecule has 5 rings (SSSR count). The Morgan fingerprint density at radius 2 is 1.38 bits per heavy atom. The Bertz CT molecular complexity index is 1180. The Morgan fingerprint density at radius 3 is 2.10 bits per heavy atom. The first kappa shape index (κ1) is 18.1. The Labute approximate surface area is 169 Å². The quantitative estimate of drug-likeness (QED) is 0.781. The molecule has 1 saturated heterocycles. The van der Waals surface area contributed by atoms with Crippen molar-refractivity contribution in [1.29, 1.82) is 0 Å². The van der Waals surface area contributed by atoms with E-state index >= 15 is 0 Å². The maximum absolute atomic E-state index is 13.8. The molecule has 0 N–H and O–H groups in total. The van der Waals surface area contributed by atoms with E-state index < -0.39 is 15.8 Å². The van der Waals surface area contributed by atoms with Gasteiger partial charge in [0, 0.05) is 30.8 Å². The third-order valence-corrected chi connectivity index (χ3v) is 7.72. The summed E-state index contributed by atoms with van der Waals surface area (Å²) in [6.45, 7) is 1.42. The first-order valence-electron chi connectivity index (χ1n) is 9.78. The molecule has 2 aromatic carbocycles. The third kappa shape index (κ3) is 2.64. The van der Waals surface area contributed by atoms with E-state index in [1.807, 2.05) is 12.1 Å². The average Bonchev–Trinajstić information content (AvgIpc) is 3.40. The number of para-hydroxylation sites is 1. The summed E-state index contributed by atoms with van der Waals surface area (Å²) in [6, 6.07) is 13.8. The van der Waals surface area contributed by atoms with Crippen molar-refractivity contribution in [3.8, 4) is 0 Å². The van der Waals surface area contributed by atoms with Crippen LogP contribution >= 0.6 is 0 Å². The highest BCUT2D eigenvalue weighted by Gasteiger charge is 2.45. The third-order valence-electron chi connectivity index (χ3n) is 5.87. The number of ketones is 2. The molecule has 7 heteroatoms. The highest BCUT2D eigenvalue weighted by Crippen LogP contribution is 2.38. The van der Waals surface area contributed by atoms with Crippen LogP contribution in [0.3, 0.4) is 0 Å². The second-order valence-electron chi connectivity index (χ2n) is 7.53. The van der Waals surface area contributed by atoms with Crippen LogP contribution in [0.25, 0.3) is 0 Å². The van der Waals surface area contributed by atoms with Gasteiger partial charge in [0.2, 0.25) is 11.6 Å². The minimum atomic E-state index is -4.19. The van der Waals surface area contributed by atoms with Crippen molar-refractivity contribution in [3.05, 3.63) is 75.8 Å². The van der Waals surface area contributed by atoms with Gasteiger partial charge in [0.1, 0.15) is 5.70 Å². The molecule has 1 aliphatic carbocycles. The fraction of sp³-hybridized carbons (Fsp3) is 0.273. The van der Waals surface area contributed by atoms with Gasteiger partial charge < -0.3 is 4.90 Å². The predicted octanol–water partition coefficient (Wildman–Crippen LogP) is 2.77. The fourth-order valence-corrected chi connectivity index (χ4v) is 6.27. The molecule has 0 unspecified atom stereocenters. The van der Waals surface area contributed by atoms with E-state index in [1.165, 1.54) is 10.4 Å². The maximum atomic E-state index is 13.8. The van der Waals surface area contributed by atoms with Crippen LogP contribution in [0.1, 0.15) is 39.1 Å². The number of hydrogen-bond donors (Lipinski definition) is 0. The van der Waals surface area contributed by atoms with Gasteiger partial charge in [-0.25, -0.2) is 8.42 Å². The van der Waals surface area contributed by atoms with Crippen LogP contribution in [0.5, 0.6) is 0 Å². The van der Waals surface area contributed by atoms with E-state index in [4.69, 9.17) is 0 Å². The Hall–Kier alpha value is -2.93. The molecular weight excluding hydrogens is 388 g/mol. The zero-order chi connectivity index (χ0) is 20.2. The predicted molar refractivity (Wildman–Crippen MR) is 109 cm³/mol. The van der Waals surface area contributed by atoms with E-state index in [0.29, 0.717) is 25.2 Å². The van der Waals surface area contributed by atoms with Gasteiger partial charge in [-0.3, -0.25) is 13.9 Å². The SMILES string of the molecule is O=C1C(N2CCCC2)=C(S(=O)(=O)N2CCc3ccccc32)C(=O)c2ccccc21. The van der Waals surface area contributed by atoms with E-state index in [2.05, 4.69) is 0 Å². The van der Waals surface area contributed by atoms with Crippen LogP contribution in [0, 0.1) is 0 Å². The Kier molecular flexibility index (Phi) is 4.10. The number of hydrogen-bond acceptors (Lipinski definition) is 5. The number of carbonyl (C=O) groups is 2. The molecule has 0 saturated carbocycles. The number of anilines is 1. The maximum Gasteiger partial charge on any atom is 0.270 e. The molecule has 148 valence electrons. The van der Waals surface area contributed by atoms with Gasteiger partial charge in [0.25, 0.3) is 10.0 Å². The van der Waals surface area contributed by atoms with Gasteiger partial charge in [-0.2, -0.15) is 0 Å². The van der Waals surface area contributed by atoms with Crippen molar-refractivity contribution >= 4 is 27.3 Å². The lowest BCUT2D eigenvalue weighted by molar-refractivity contribution is 0.0953. The first-order chi connectivity index (χ1) is 14.0. The van der Waals surface area contributed by atoms with Gasteiger partial charge in [0.05, 0.1) is 5.69 Å². The van der Waals surface area contributed by atoms with Crippen LogP contribution in [-0.2, 0) is 16.4 Å². The van der Waals surface area contributed by atoms with Crippen LogP contribution in [-0.4, -0.2) is 44.5 Å². The van der Waals surface area contributed by atoms with Gasteiger partial charge in [0.15, 0.2) is 4.91 Å². The zero-order valence-electron chi connectivity index (χ0n) is 15.8. The molecule has 0 spiro atoms. The summed E-state index contributed by atoms with van der Waals surface area (Å²) < 4.78 is 28.8. The summed E-state index contributed by atoms with van der Waals surface area (Å²) in [5.41, 5.74) is 1.98. The molecule has 0 aromatic heterocycles. The fourth-order valence-electron chi connectivity index (χ4n) is 4.47. The molecule has 2 aromatic rings. The van der Waals surface area contributed by atoms with Crippen LogP contribution in [0.2, 0.25) is 0 Å². The summed E-state index contributed by atoms with van der Waals surface area (Å²) in [5.74, 6) is -0.973. The van der Waals surface area contributed by atoms with Crippen molar-refractivity contribution in [1.82, 2.24) is 4.90 Å². The minimum Gasteiger partial charge on any atom is -0.367 e. The van der Waals surface area contributed by atoms with E-state index in [0.717, 1.165) is 18.4 Å². The lowest BCUT2D eigenvalue weighted by Crippen LogP contribution is -2.40. The lowest BCUT2D eigenvalue weighted by atomic mass is 9.92. The van der Waals surface area contributed by atoms with Crippen LogP contribution < -0.4 is 4.31 Å². The molecule has 3 aliphatic rings. The molecule has 0 atom stereocenters. The number of Topliss-reactive ketones (excluding diaryl/α,β-unsaturated/α-hetero) is 2. The molecule has 0 radical (unpaired) electrons. The molecular formula is C22H20N2O4S. The standard InChI is InChI=1S/C22H20N2O4S/c25-20-16-8-2-3-9-17(16)21(26)22(19(20)23-12-5-6-13-23)29(27,28)24-14-11-15-7-1-4-10-18(15)24/h1-4,7-10H,5-6,11-14H2. The Balaban J connectivity index is 1.73. The number of fused-ring (bicyclic) bond motifs is 2. The first-order valence-corrected chi connectivity index (χ1v) is 11.2. The summed E-state index contributed by atoms with van der Waals surface area (Å²) in [5, 5.41) is 0. The second-order valence-corrected chi connectivity index (χ2v) is 9.33. The summed E-state index contributed by atoms with van der Waals surface area (Å²) >= 11 is 0. The van der Waals surface area contributed by atoms with E-state index in [-0.39, 0.29) is 34.1 Å². The second kappa shape index (κ2) is 6.56. The highest BCUT2D eigenvalue weighted by atomic mass is 32.2. The number of rotatable bonds is 3. The summed E-state index contributed by atoms with van der Waals surface area (Å²) in [7, 11) is -4.19. The number of sulfonamides is 1. The summed E-state index contributed by atoms with van der Waals surface area (Å²) in [4.78, 5) is 28.1. The molecule has 6 nitrogen and oxygen atoms in total. The van der Waals surface area contributed by atoms with Crippen molar-refractivity contribution in [2.45, 2.75) is 19.3 Å². The average molecular weight is 408 g/mol. The summed E-state index contributed by atoms with van der Waals surface area (Å²) in [6.07, 6.45) is 2.32. The largest absolute Gasteiger partial charge is 0.367 e. The van der Waals surface area contributed by atoms with E-state index in [9.17, 15) is 18.0 Å². The van der Waals surface area contributed by atoms with Crippen LogP contribution in [0.4, 0.5) is 5.69 Å². The number of allylic oxidation sites excluding steroid dienone is 2. The molecule has 2 heterocycles. The lowest BCUT2D eigenvalue weighted by Gasteiger charge is -2.30. The van der Waals surface area contributed by atoms with Crippen molar-refractivity contribution in [2.24, 2.45) is 0 Å². The normalized spacial score (nSPS) is 19.0. The number of benzene rings is 2. The zero-order valence-corrected chi connectivity index (χ0v) is 16.6. The molecule has 0 amide bonds. The van der Waals surface area contributed by atoms with Gasteiger partial charge in [-0.15, -0.1) is 0 Å². The molecule has 1 fully saturated rings. The molecule has 0 bridgehead atoms. The minimum absolute atomic E-state index is 0.0376. The van der Waals surface area contributed by atoms with Gasteiger partial charge in [-0.1, -0.05) is 42.5 Å². The highest BCUT2D eigenvalue weighted by molar-refractivity contribution is 7.97. The number of carbonyl (C=O) groups excluding carboxylic acids is 2. The van der Waals surface area contributed by atoms with Crippen LogP contribution in [0.15, 0.2) is 59.1 Å². The van der Waals surface area contributed by atoms with Crippen molar-refractivity contribution in [3.63, 3.8) is 0 Å². The van der Waals surface area contributed by atoms with Gasteiger partial charge in [-0.05, 0) is 30.9 Å². The molecule has 29 heavy (non-hydrogen) atoms. The van der Waals surface area contributed by atoms with Gasteiger partial charge >= 0.3 is 0 Å². The monoisotopic (exact) mass is 408 g/mol. The molecule has 2 aliphatic heterocycles. The van der Waals surface area contributed by atoms with Crippen molar-refractivity contribution in [2.75, 3.05) is 23.9 Å². The topological polar surface area (TPSA) is 74.8 Å². The van der Waals surface area contributed by atoms with Crippen molar-refractivity contribution < 1.29 is 18.0 Å². The number of likely N-dealkylation sites (tertiary alicyclic amines) is 1. The number of nitrogens with zero attached hydrogens (tertiary/aromatic N) is 2. The Morgan fingerprint density at radius 1 is 0.759 bits per heavy atom. The smallest absolute Gasteiger partial charge is 0.270 e. The van der Waals surface area contributed by atoms with E-state index in [1.54, 1.807) is 35.2 Å².